The highest BCUT2D eigenvalue weighted by Crippen LogP contribution is 2.34. The van der Waals surface area contributed by atoms with Crippen molar-refractivity contribution >= 4 is 23.3 Å². The van der Waals surface area contributed by atoms with Gasteiger partial charge >= 0.3 is 5.97 Å². The van der Waals surface area contributed by atoms with Crippen LogP contribution in [0.5, 0.6) is 11.6 Å². The van der Waals surface area contributed by atoms with Crippen molar-refractivity contribution in [3.05, 3.63) is 47.6 Å². The van der Waals surface area contributed by atoms with Crippen LogP contribution in [0.4, 0.5) is 5.69 Å². The van der Waals surface area contributed by atoms with E-state index in [2.05, 4.69) is 4.98 Å². The molecule has 6 heteroatoms. The summed E-state index contributed by atoms with van der Waals surface area (Å²) in [7, 11) is 0. The van der Waals surface area contributed by atoms with Gasteiger partial charge in [-0.25, -0.2) is 4.98 Å². The molecule has 0 unspecified atom stereocenters. The average molecular weight is 319 g/mol. The van der Waals surface area contributed by atoms with Crippen molar-refractivity contribution in [1.82, 2.24) is 4.98 Å². The van der Waals surface area contributed by atoms with Crippen LogP contribution in [0.25, 0.3) is 0 Å². The minimum atomic E-state index is -0.764. The lowest BCUT2D eigenvalue weighted by Gasteiger charge is -2.20. The fourth-order valence-electron chi connectivity index (χ4n) is 2.51. The zero-order valence-corrected chi connectivity index (χ0v) is 12.5. The molecule has 0 amide bonds. The van der Waals surface area contributed by atoms with Crippen LogP contribution in [0.3, 0.4) is 0 Å². The minimum absolute atomic E-state index is 0.351. The van der Waals surface area contributed by atoms with Crippen molar-refractivity contribution < 1.29 is 14.6 Å². The van der Waals surface area contributed by atoms with Gasteiger partial charge < -0.3 is 14.7 Å². The van der Waals surface area contributed by atoms with Crippen molar-refractivity contribution in [1.29, 1.82) is 0 Å². The molecule has 2 heterocycles. The fraction of sp³-hybridized carbons (Fsp3) is 0.250. The number of aromatic nitrogens is 1. The highest BCUT2D eigenvalue weighted by Gasteiger charge is 2.29. The van der Waals surface area contributed by atoms with Crippen LogP contribution in [0, 0.1) is 5.92 Å². The van der Waals surface area contributed by atoms with Gasteiger partial charge in [0.15, 0.2) is 0 Å². The van der Waals surface area contributed by atoms with Crippen LogP contribution in [-0.2, 0) is 4.79 Å². The van der Waals surface area contributed by atoms with E-state index in [9.17, 15) is 4.79 Å². The molecule has 0 radical (unpaired) electrons. The van der Waals surface area contributed by atoms with Gasteiger partial charge in [0.1, 0.15) is 5.75 Å². The van der Waals surface area contributed by atoms with Crippen LogP contribution < -0.4 is 9.64 Å². The Kier molecular flexibility index (Phi) is 4.15. The lowest BCUT2D eigenvalue weighted by Crippen LogP contribution is -2.22. The Labute approximate surface area is 133 Å². The zero-order chi connectivity index (χ0) is 15.5. The molecule has 1 N–H and O–H groups in total. The maximum Gasteiger partial charge on any atom is 0.308 e. The molecule has 0 saturated carbocycles. The molecule has 1 fully saturated rings. The molecule has 0 bridgehead atoms. The Morgan fingerprint density at radius 2 is 2.23 bits per heavy atom. The number of carboxylic acids is 1. The number of hydrogen-bond donors (Lipinski definition) is 1. The first-order valence-corrected chi connectivity index (χ1v) is 7.37. The standard InChI is InChI=1S/C16H15ClN2O3/c17-13-5-4-12(22-15-3-1-2-7-18-15)9-14(13)19-8-6-11(10-19)16(20)21/h1-5,7,9,11H,6,8,10H2,(H,20,21)/t11-/m1/s1. The van der Waals surface area contributed by atoms with Gasteiger partial charge in [0.25, 0.3) is 0 Å². The molecule has 1 aliphatic rings. The molecule has 1 atom stereocenters. The SMILES string of the molecule is O=C(O)[C@@H]1CCN(c2cc(Oc3ccccn3)ccc2Cl)C1. The highest BCUT2D eigenvalue weighted by molar-refractivity contribution is 6.33. The normalized spacial score (nSPS) is 17.5. The van der Waals surface area contributed by atoms with Crippen LogP contribution >= 0.6 is 11.6 Å². The van der Waals surface area contributed by atoms with E-state index in [0.717, 1.165) is 5.69 Å². The van der Waals surface area contributed by atoms with Crippen molar-refractivity contribution in [3.63, 3.8) is 0 Å². The van der Waals surface area contributed by atoms with Gasteiger partial charge in [0, 0.05) is 31.4 Å². The molecule has 1 aromatic carbocycles. The predicted octanol–water partition coefficient (Wildman–Crippen LogP) is 3.44. The number of pyridine rings is 1. The second kappa shape index (κ2) is 6.23. The van der Waals surface area contributed by atoms with Gasteiger partial charge in [-0.05, 0) is 24.6 Å². The molecular formula is C16H15ClN2O3. The maximum atomic E-state index is 11.1. The fourth-order valence-corrected chi connectivity index (χ4v) is 2.74. The van der Waals surface area contributed by atoms with E-state index in [-0.39, 0.29) is 5.92 Å². The Hall–Kier alpha value is -2.27. The third kappa shape index (κ3) is 3.14. The van der Waals surface area contributed by atoms with E-state index in [1.54, 1.807) is 24.4 Å². The Morgan fingerprint density at radius 1 is 1.36 bits per heavy atom. The number of rotatable bonds is 4. The monoisotopic (exact) mass is 318 g/mol. The maximum absolute atomic E-state index is 11.1. The molecule has 5 nitrogen and oxygen atoms in total. The third-order valence-electron chi connectivity index (χ3n) is 3.66. The quantitative estimate of drug-likeness (QED) is 0.935. The number of aliphatic carboxylic acids is 1. The van der Waals surface area contributed by atoms with Gasteiger partial charge in [-0.2, -0.15) is 0 Å². The van der Waals surface area contributed by atoms with E-state index < -0.39 is 5.97 Å². The molecule has 0 aliphatic carbocycles. The van der Waals surface area contributed by atoms with Gasteiger partial charge in [-0.15, -0.1) is 0 Å². The molecule has 22 heavy (non-hydrogen) atoms. The summed E-state index contributed by atoms with van der Waals surface area (Å²) in [5, 5.41) is 9.69. The van der Waals surface area contributed by atoms with Gasteiger partial charge in [0.05, 0.1) is 16.6 Å². The first-order chi connectivity index (χ1) is 10.6. The largest absolute Gasteiger partial charge is 0.481 e. The van der Waals surface area contributed by atoms with Crippen LogP contribution in [0.15, 0.2) is 42.6 Å². The smallest absolute Gasteiger partial charge is 0.308 e. The summed E-state index contributed by atoms with van der Waals surface area (Å²) in [6.07, 6.45) is 2.28. The van der Waals surface area contributed by atoms with Crippen LogP contribution in [0.2, 0.25) is 5.02 Å². The summed E-state index contributed by atoms with van der Waals surface area (Å²) in [5.74, 6) is 0.00780. The lowest BCUT2D eigenvalue weighted by atomic mass is 10.1. The summed E-state index contributed by atoms with van der Waals surface area (Å²) in [6, 6.07) is 10.8. The molecule has 114 valence electrons. The van der Waals surface area contributed by atoms with E-state index in [1.807, 2.05) is 23.1 Å². The minimum Gasteiger partial charge on any atom is -0.481 e. The second-order valence-corrected chi connectivity index (χ2v) is 5.56. The van der Waals surface area contributed by atoms with E-state index >= 15 is 0 Å². The first kappa shape index (κ1) is 14.7. The first-order valence-electron chi connectivity index (χ1n) is 6.99. The van der Waals surface area contributed by atoms with Crippen molar-refractivity contribution in [2.75, 3.05) is 18.0 Å². The Bertz CT molecular complexity index is 678. The molecule has 1 aromatic heterocycles. The Balaban J connectivity index is 1.80. The van der Waals surface area contributed by atoms with Crippen LogP contribution in [0.1, 0.15) is 6.42 Å². The van der Waals surface area contributed by atoms with Crippen molar-refractivity contribution in [2.45, 2.75) is 6.42 Å². The Morgan fingerprint density at radius 3 is 2.91 bits per heavy atom. The number of anilines is 1. The zero-order valence-electron chi connectivity index (χ0n) is 11.8. The second-order valence-electron chi connectivity index (χ2n) is 5.15. The average Bonchev–Trinajstić information content (AvgIpc) is 3.00. The van der Waals surface area contributed by atoms with Crippen LogP contribution in [-0.4, -0.2) is 29.1 Å². The molecule has 0 spiro atoms. The summed E-state index contributed by atoms with van der Waals surface area (Å²) >= 11 is 6.25. The van der Waals surface area contributed by atoms with Gasteiger partial charge in [-0.1, -0.05) is 17.7 Å². The number of hydrogen-bond acceptors (Lipinski definition) is 4. The third-order valence-corrected chi connectivity index (χ3v) is 3.98. The lowest BCUT2D eigenvalue weighted by molar-refractivity contribution is -0.140. The topological polar surface area (TPSA) is 62.7 Å². The van der Waals surface area contributed by atoms with E-state index in [1.165, 1.54) is 0 Å². The summed E-state index contributed by atoms with van der Waals surface area (Å²) in [4.78, 5) is 17.2. The number of carbonyl (C=O) groups is 1. The number of carboxylic acid groups (broad SMARTS) is 1. The van der Waals surface area contributed by atoms with Gasteiger partial charge in [0.2, 0.25) is 5.88 Å². The number of halogens is 1. The van der Waals surface area contributed by atoms with Crippen molar-refractivity contribution in [2.24, 2.45) is 5.92 Å². The molecule has 3 rings (SSSR count). The highest BCUT2D eigenvalue weighted by atomic mass is 35.5. The van der Waals surface area contributed by atoms with E-state index in [0.29, 0.717) is 36.2 Å². The summed E-state index contributed by atoms with van der Waals surface area (Å²) in [6.45, 7) is 1.13. The van der Waals surface area contributed by atoms with Crippen molar-refractivity contribution in [3.8, 4) is 11.6 Å². The predicted molar refractivity (Wildman–Crippen MR) is 83.7 cm³/mol. The summed E-state index contributed by atoms with van der Waals surface area (Å²) < 4.78 is 5.70. The number of nitrogens with zero attached hydrogens (tertiary/aromatic N) is 2. The number of ether oxygens (including phenoxy) is 1. The molecule has 1 aliphatic heterocycles. The van der Waals surface area contributed by atoms with Gasteiger partial charge in [-0.3, -0.25) is 4.79 Å². The molecule has 2 aromatic rings. The molecule has 1 saturated heterocycles. The molecular weight excluding hydrogens is 304 g/mol. The number of benzene rings is 1. The van der Waals surface area contributed by atoms with E-state index in [4.69, 9.17) is 21.4 Å². The summed E-state index contributed by atoms with van der Waals surface area (Å²) in [5.41, 5.74) is 0.791.